The highest BCUT2D eigenvalue weighted by atomic mass is 16.5. The highest BCUT2D eigenvalue weighted by Gasteiger charge is 2.30. The van der Waals surface area contributed by atoms with Crippen LogP contribution in [0.4, 0.5) is 0 Å². The molecule has 0 saturated carbocycles. The first-order valence-corrected chi connectivity index (χ1v) is 11.1. The van der Waals surface area contributed by atoms with Gasteiger partial charge in [-0.25, -0.2) is 4.98 Å². The highest BCUT2D eigenvalue weighted by Crippen LogP contribution is 2.38. The maximum atomic E-state index is 13.5. The minimum absolute atomic E-state index is 0.0647. The second-order valence-corrected chi connectivity index (χ2v) is 7.95. The van der Waals surface area contributed by atoms with Gasteiger partial charge < -0.3 is 4.74 Å². The van der Waals surface area contributed by atoms with Crippen LogP contribution in [-0.2, 0) is 0 Å². The Bertz CT molecular complexity index is 1040. The SMILES string of the molecule is CCCCCCCCOc1c2c(nc3ccccc13)C=CC(c1ccccc1)C2=O. The van der Waals surface area contributed by atoms with E-state index in [4.69, 9.17) is 9.72 Å². The van der Waals surface area contributed by atoms with Crippen molar-refractivity contribution in [1.82, 2.24) is 4.98 Å². The first kappa shape index (κ1) is 20.3. The molecule has 1 atom stereocenters. The molecule has 1 aliphatic carbocycles. The van der Waals surface area contributed by atoms with Crippen molar-refractivity contribution in [2.24, 2.45) is 0 Å². The average molecular weight is 400 g/mol. The zero-order valence-corrected chi connectivity index (χ0v) is 17.6. The summed E-state index contributed by atoms with van der Waals surface area (Å²) < 4.78 is 6.28. The van der Waals surface area contributed by atoms with Crippen LogP contribution in [-0.4, -0.2) is 17.4 Å². The molecule has 2 aromatic carbocycles. The number of allylic oxidation sites excluding steroid dienone is 1. The van der Waals surface area contributed by atoms with Crippen molar-refractivity contribution in [1.29, 1.82) is 0 Å². The summed E-state index contributed by atoms with van der Waals surface area (Å²) in [5.74, 6) is 0.465. The molecule has 0 amide bonds. The number of para-hydroxylation sites is 1. The lowest BCUT2D eigenvalue weighted by atomic mass is 9.85. The number of fused-ring (bicyclic) bond motifs is 2. The molecule has 0 N–H and O–H groups in total. The Morgan fingerprint density at radius 3 is 2.47 bits per heavy atom. The van der Waals surface area contributed by atoms with Crippen molar-refractivity contribution < 1.29 is 9.53 Å². The van der Waals surface area contributed by atoms with Gasteiger partial charge in [-0.05, 0) is 30.2 Å². The number of ketones is 1. The van der Waals surface area contributed by atoms with E-state index in [1.165, 1.54) is 25.7 Å². The van der Waals surface area contributed by atoms with Crippen LogP contribution in [0.3, 0.4) is 0 Å². The summed E-state index contributed by atoms with van der Waals surface area (Å²) in [5, 5.41) is 0.915. The molecule has 3 heteroatoms. The van der Waals surface area contributed by atoms with Gasteiger partial charge in [0.25, 0.3) is 0 Å². The summed E-state index contributed by atoms with van der Waals surface area (Å²) in [6.45, 7) is 2.86. The Morgan fingerprint density at radius 2 is 1.63 bits per heavy atom. The van der Waals surface area contributed by atoms with Gasteiger partial charge in [0.1, 0.15) is 5.75 Å². The maximum Gasteiger partial charge on any atom is 0.180 e. The zero-order chi connectivity index (χ0) is 20.8. The third-order valence-electron chi connectivity index (χ3n) is 5.75. The van der Waals surface area contributed by atoms with Crippen molar-refractivity contribution in [2.45, 2.75) is 51.4 Å². The number of aromatic nitrogens is 1. The number of hydrogen-bond acceptors (Lipinski definition) is 3. The summed E-state index contributed by atoms with van der Waals surface area (Å²) in [4.78, 5) is 18.3. The lowest BCUT2D eigenvalue weighted by Crippen LogP contribution is -2.18. The number of rotatable bonds is 9. The fourth-order valence-electron chi connectivity index (χ4n) is 4.12. The van der Waals surface area contributed by atoms with Gasteiger partial charge in [0.05, 0.1) is 29.3 Å². The van der Waals surface area contributed by atoms with Crippen LogP contribution in [0.15, 0.2) is 60.7 Å². The van der Waals surface area contributed by atoms with E-state index >= 15 is 0 Å². The number of benzene rings is 2. The van der Waals surface area contributed by atoms with Gasteiger partial charge in [-0.1, -0.05) is 87.6 Å². The summed E-state index contributed by atoms with van der Waals surface area (Å²) in [5.41, 5.74) is 3.20. The first-order valence-electron chi connectivity index (χ1n) is 11.1. The van der Waals surface area contributed by atoms with Gasteiger partial charge in [0.15, 0.2) is 5.78 Å². The Labute approximate surface area is 178 Å². The minimum atomic E-state index is -0.293. The Balaban J connectivity index is 1.62. The second-order valence-electron chi connectivity index (χ2n) is 7.95. The summed E-state index contributed by atoms with van der Waals surface area (Å²) in [6, 6.07) is 17.9. The van der Waals surface area contributed by atoms with E-state index in [0.717, 1.165) is 29.3 Å². The Hall–Kier alpha value is -2.94. The number of pyridine rings is 1. The van der Waals surface area contributed by atoms with Gasteiger partial charge in [0, 0.05) is 5.39 Å². The maximum absolute atomic E-state index is 13.5. The fourth-order valence-corrected chi connectivity index (χ4v) is 4.12. The molecule has 0 saturated heterocycles. The molecule has 3 aromatic rings. The van der Waals surface area contributed by atoms with Crippen molar-refractivity contribution in [2.75, 3.05) is 6.61 Å². The van der Waals surface area contributed by atoms with Crippen LogP contribution in [0.5, 0.6) is 5.75 Å². The first-order chi connectivity index (χ1) is 14.8. The third kappa shape index (κ3) is 4.30. The van der Waals surface area contributed by atoms with Gasteiger partial charge >= 0.3 is 0 Å². The van der Waals surface area contributed by atoms with E-state index in [9.17, 15) is 4.79 Å². The zero-order valence-electron chi connectivity index (χ0n) is 17.6. The molecular formula is C27H29NO2. The van der Waals surface area contributed by atoms with Gasteiger partial charge in [-0.15, -0.1) is 0 Å². The van der Waals surface area contributed by atoms with Gasteiger partial charge in [-0.2, -0.15) is 0 Å². The molecule has 30 heavy (non-hydrogen) atoms. The Kier molecular flexibility index (Phi) is 6.58. The van der Waals surface area contributed by atoms with E-state index in [1.807, 2.05) is 66.7 Å². The molecular weight excluding hydrogens is 370 g/mol. The van der Waals surface area contributed by atoms with Gasteiger partial charge in [0.2, 0.25) is 0 Å². The lowest BCUT2D eigenvalue weighted by molar-refractivity contribution is 0.0970. The fraction of sp³-hybridized carbons (Fsp3) is 0.333. The molecule has 0 bridgehead atoms. The van der Waals surface area contributed by atoms with Crippen molar-refractivity contribution in [3.8, 4) is 5.75 Å². The number of ether oxygens (including phenoxy) is 1. The number of carbonyl (C=O) groups is 1. The summed E-state index contributed by atoms with van der Waals surface area (Å²) in [7, 11) is 0. The van der Waals surface area contributed by atoms with Crippen LogP contribution >= 0.6 is 0 Å². The van der Waals surface area contributed by atoms with Gasteiger partial charge in [-0.3, -0.25) is 4.79 Å². The van der Waals surface area contributed by atoms with E-state index in [0.29, 0.717) is 23.6 Å². The van der Waals surface area contributed by atoms with E-state index < -0.39 is 0 Å². The third-order valence-corrected chi connectivity index (χ3v) is 5.75. The normalized spacial score (nSPS) is 15.4. The number of unbranched alkanes of at least 4 members (excludes halogenated alkanes) is 5. The molecule has 0 radical (unpaired) electrons. The molecule has 1 aromatic heterocycles. The standard InChI is InChI=1S/C27H29NO2/c1-2-3-4-5-6-12-19-30-27-22-15-10-11-16-23(22)28-24-18-17-21(26(29)25(24)27)20-13-8-7-9-14-20/h7-11,13-18,21H,2-6,12,19H2,1H3. The smallest absolute Gasteiger partial charge is 0.180 e. The molecule has 3 nitrogen and oxygen atoms in total. The summed E-state index contributed by atoms with van der Waals surface area (Å²) >= 11 is 0. The summed E-state index contributed by atoms with van der Waals surface area (Å²) in [6.07, 6.45) is 11.2. The van der Waals surface area contributed by atoms with E-state index in [1.54, 1.807) is 0 Å². The molecule has 4 rings (SSSR count). The van der Waals surface area contributed by atoms with Crippen molar-refractivity contribution >= 4 is 22.8 Å². The largest absolute Gasteiger partial charge is 0.492 e. The van der Waals surface area contributed by atoms with Crippen molar-refractivity contribution in [3.05, 3.63) is 77.5 Å². The number of hydrogen-bond donors (Lipinski definition) is 0. The molecule has 0 aliphatic heterocycles. The molecule has 1 heterocycles. The predicted octanol–water partition coefficient (Wildman–Crippen LogP) is 6.97. The molecule has 0 spiro atoms. The topological polar surface area (TPSA) is 39.2 Å². The Morgan fingerprint density at radius 1 is 0.900 bits per heavy atom. The quantitative estimate of drug-likeness (QED) is 0.365. The molecule has 154 valence electrons. The number of nitrogens with zero attached hydrogens (tertiary/aromatic N) is 1. The van der Waals surface area contributed by atoms with Crippen LogP contribution in [0, 0.1) is 0 Å². The predicted molar refractivity (Wildman–Crippen MR) is 123 cm³/mol. The minimum Gasteiger partial charge on any atom is -0.492 e. The molecule has 1 aliphatic rings. The lowest BCUT2D eigenvalue weighted by Gasteiger charge is -2.22. The molecule has 0 fully saturated rings. The van der Waals surface area contributed by atoms with Crippen LogP contribution < -0.4 is 4.74 Å². The van der Waals surface area contributed by atoms with Crippen LogP contribution in [0.2, 0.25) is 0 Å². The second kappa shape index (κ2) is 9.71. The number of carbonyl (C=O) groups excluding carboxylic acids is 1. The van der Waals surface area contributed by atoms with Crippen LogP contribution in [0.1, 0.15) is 73.0 Å². The van der Waals surface area contributed by atoms with Crippen molar-refractivity contribution in [3.63, 3.8) is 0 Å². The van der Waals surface area contributed by atoms with E-state index in [-0.39, 0.29) is 11.7 Å². The average Bonchev–Trinajstić information content (AvgIpc) is 2.78. The van der Waals surface area contributed by atoms with Crippen LogP contribution in [0.25, 0.3) is 17.0 Å². The highest BCUT2D eigenvalue weighted by molar-refractivity contribution is 6.12. The molecule has 1 unspecified atom stereocenters. The van der Waals surface area contributed by atoms with E-state index in [2.05, 4.69) is 6.92 Å². The monoisotopic (exact) mass is 399 g/mol. The number of Topliss-reactive ketones (excluding diaryl/α,β-unsaturated/α-hetero) is 1.